The molecule has 1 fully saturated rings. The van der Waals surface area contributed by atoms with E-state index >= 15 is 0 Å². The number of para-hydroxylation sites is 1. The summed E-state index contributed by atoms with van der Waals surface area (Å²) >= 11 is 0. The number of rotatable bonds is 12. The van der Waals surface area contributed by atoms with Gasteiger partial charge in [-0.05, 0) is 65.1 Å². The van der Waals surface area contributed by atoms with Gasteiger partial charge in [-0.3, -0.25) is 4.79 Å². The molecule has 37 heavy (non-hydrogen) atoms. The summed E-state index contributed by atoms with van der Waals surface area (Å²) in [6.45, 7) is 9.33. The van der Waals surface area contributed by atoms with Gasteiger partial charge in [0, 0.05) is 58.4 Å². The van der Waals surface area contributed by atoms with Gasteiger partial charge in [0.15, 0.2) is 0 Å². The Hall–Kier alpha value is -2.78. The van der Waals surface area contributed by atoms with Crippen molar-refractivity contribution >= 4 is 22.9 Å². The number of aromatic nitrogens is 1. The Balaban J connectivity index is 1.95. The number of unbranched alkanes of at least 4 members (excludes halogenated alkanes) is 1. The molecule has 1 aromatic carbocycles. The highest BCUT2D eigenvalue weighted by Crippen LogP contribution is 2.32. The number of fused-ring (bicyclic) bond motifs is 1. The normalized spacial score (nSPS) is 16.6. The third-order valence-electron chi connectivity index (χ3n) is 6.67. The molecule has 0 saturated carbocycles. The van der Waals surface area contributed by atoms with Crippen LogP contribution in [0.2, 0.25) is 0 Å². The van der Waals surface area contributed by atoms with Crippen LogP contribution in [0.1, 0.15) is 56.9 Å². The Kier molecular flexibility index (Phi) is 10.6. The lowest BCUT2D eigenvalue weighted by Crippen LogP contribution is -2.52. The Morgan fingerprint density at radius 1 is 1.19 bits per heavy atom. The van der Waals surface area contributed by atoms with Crippen LogP contribution < -0.4 is 10.1 Å². The van der Waals surface area contributed by atoms with Crippen molar-refractivity contribution < 1.29 is 23.8 Å². The Bertz CT molecular complexity index is 1030. The number of aryl methyl sites for hydroxylation is 1. The lowest BCUT2D eigenvalue weighted by Gasteiger charge is -2.37. The van der Waals surface area contributed by atoms with E-state index in [9.17, 15) is 9.59 Å². The van der Waals surface area contributed by atoms with Crippen molar-refractivity contribution in [3.8, 4) is 5.75 Å². The van der Waals surface area contributed by atoms with Gasteiger partial charge in [0.2, 0.25) is 0 Å². The average molecular weight is 517 g/mol. The molecular formula is C28H44N4O5. The van der Waals surface area contributed by atoms with E-state index in [0.29, 0.717) is 24.6 Å². The van der Waals surface area contributed by atoms with Crippen LogP contribution in [-0.4, -0.2) is 92.1 Å². The molecule has 2 heterocycles. The van der Waals surface area contributed by atoms with Gasteiger partial charge < -0.3 is 33.9 Å². The molecule has 1 aromatic heterocycles. The summed E-state index contributed by atoms with van der Waals surface area (Å²) in [5, 5.41) is 4.40. The molecule has 1 aliphatic heterocycles. The Labute approximate surface area is 221 Å². The van der Waals surface area contributed by atoms with E-state index in [1.807, 2.05) is 36.1 Å². The van der Waals surface area contributed by atoms with Crippen LogP contribution in [0, 0.1) is 0 Å². The van der Waals surface area contributed by atoms with Gasteiger partial charge in [-0.25, -0.2) is 4.79 Å². The molecule has 0 radical (unpaired) electrons. The van der Waals surface area contributed by atoms with E-state index in [0.717, 1.165) is 49.7 Å². The summed E-state index contributed by atoms with van der Waals surface area (Å²) in [4.78, 5) is 29.4. The SMILES string of the molecule is COCCCCn1c(C(=O)N(C(C)C)[C@@H]2CCCNC2)cc2cccc(OC(C)COC(=O)N(C)C)c21. The number of ether oxygens (including phenoxy) is 3. The number of hydrogen-bond donors (Lipinski definition) is 1. The van der Waals surface area contributed by atoms with E-state index in [-0.39, 0.29) is 30.7 Å². The Morgan fingerprint density at radius 2 is 1.97 bits per heavy atom. The number of carbonyl (C=O) groups excluding carboxylic acids is 2. The van der Waals surface area contributed by atoms with Crippen LogP contribution in [-0.2, 0) is 16.0 Å². The molecule has 0 bridgehead atoms. The predicted octanol–water partition coefficient (Wildman–Crippen LogP) is 4.14. The van der Waals surface area contributed by atoms with Crippen molar-refractivity contribution in [3.63, 3.8) is 0 Å². The second-order valence-corrected chi connectivity index (χ2v) is 10.3. The van der Waals surface area contributed by atoms with Crippen molar-refractivity contribution in [2.24, 2.45) is 0 Å². The number of methoxy groups -OCH3 is 1. The minimum absolute atomic E-state index is 0.0468. The topological polar surface area (TPSA) is 85.3 Å². The molecule has 0 spiro atoms. The van der Waals surface area contributed by atoms with E-state index in [4.69, 9.17) is 14.2 Å². The van der Waals surface area contributed by atoms with E-state index < -0.39 is 6.09 Å². The fourth-order valence-corrected chi connectivity index (χ4v) is 4.90. The first-order valence-electron chi connectivity index (χ1n) is 13.4. The molecule has 1 N–H and O–H groups in total. The molecule has 0 aliphatic carbocycles. The van der Waals surface area contributed by atoms with Gasteiger partial charge in [0.05, 0.1) is 5.52 Å². The smallest absolute Gasteiger partial charge is 0.409 e. The molecule has 1 saturated heterocycles. The summed E-state index contributed by atoms with van der Waals surface area (Å²) in [6.07, 6.45) is 3.07. The summed E-state index contributed by atoms with van der Waals surface area (Å²) < 4.78 is 18.9. The molecule has 206 valence electrons. The van der Waals surface area contributed by atoms with Crippen molar-refractivity contribution in [1.82, 2.24) is 19.7 Å². The lowest BCUT2D eigenvalue weighted by molar-refractivity contribution is 0.0562. The maximum absolute atomic E-state index is 14.1. The zero-order valence-electron chi connectivity index (χ0n) is 23.3. The molecule has 3 rings (SSSR count). The standard InChI is InChI=1S/C28H44N4O5/c1-20(2)32(23-12-10-14-29-18-23)27(33)24-17-22-11-9-13-25(26(22)31(24)15-7-8-16-35-6)37-21(3)19-36-28(34)30(4)5/h9,11,13,17,20-21,23,29H,7-8,10,12,14-16,18-19H2,1-6H3/t21?,23-/m1/s1. The first kappa shape index (κ1) is 28.8. The van der Waals surface area contributed by atoms with Gasteiger partial charge in [0.1, 0.15) is 24.2 Å². The van der Waals surface area contributed by atoms with Crippen LogP contribution in [0.5, 0.6) is 5.75 Å². The number of nitrogens with one attached hydrogen (secondary N) is 1. The zero-order chi connectivity index (χ0) is 26.9. The molecule has 1 unspecified atom stereocenters. The maximum atomic E-state index is 14.1. The molecule has 2 amide bonds. The molecule has 2 aromatic rings. The second-order valence-electron chi connectivity index (χ2n) is 10.3. The minimum atomic E-state index is -0.408. The highest BCUT2D eigenvalue weighted by Gasteiger charge is 2.31. The second kappa shape index (κ2) is 13.7. The fourth-order valence-electron chi connectivity index (χ4n) is 4.90. The van der Waals surface area contributed by atoms with E-state index in [1.165, 1.54) is 4.90 Å². The summed E-state index contributed by atoms with van der Waals surface area (Å²) in [5.41, 5.74) is 1.56. The molecule has 1 aliphatic rings. The van der Waals surface area contributed by atoms with Crippen LogP contribution in [0.3, 0.4) is 0 Å². The molecule has 2 atom stereocenters. The van der Waals surface area contributed by atoms with Crippen LogP contribution in [0.25, 0.3) is 10.9 Å². The van der Waals surface area contributed by atoms with Crippen LogP contribution >= 0.6 is 0 Å². The largest absolute Gasteiger partial charge is 0.485 e. The van der Waals surface area contributed by atoms with Crippen molar-refractivity contribution in [2.45, 2.75) is 71.2 Å². The number of carbonyl (C=O) groups is 2. The van der Waals surface area contributed by atoms with Gasteiger partial charge >= 0.3 is 6.09 Å². The number of nitrogens with zero attached hydrogens (tertiary/aromatic N) is 3. The third-order valence-corrected chi connectivity index (χ3v) is 6.67. The van der Waals surface area contributed by atoms with Gasteiger partial charge in [-0.15, -0.1) is 0 Å². The maximum Gasteiger partial charge on any atom is 0.409 e. The number of amides is 2. The number of benzene rings is 1. The van der Waals surface area contributed by atoms with Crippen LogP contribution in [0.15, 0.2) is 24.3 Å². The Morgan fingerprint density at radius 3 is 2.62 bits per heavy atom. The van der Waals surface area contributed by atoms with Crippen molar-refractivity contribution in [2.75, 3.05) is 47.5 Å². The summed E-state index contributed by atoms with van der Waals surface area (Å²) in [5.74, 6) is 0.720. The third kappa shape index (κ3) is 7.38. The molecular weight excluding hydrogens is 472 g/mol. The zero-order valence-corrected chi connectivity index (χ0v) is 23.3. The summed E-state index contributed by atoms with van der Waals surface area (Å²) in [6, 6.07) is 8.11. The predicted molar refractivity (Wildman–Crippen MR) is 145 cm³/mol. The number of piperidine rings is 1. The molecule has 9 nitrogen and oxygen atoms in total. The lowest BCUT2D eigenvalue weighted by atomic mass is 10.0. The first-order valence-corrected chi connectivity index (χ1v) is 13.4. The fraction of sp³-hybridized carbons (Fsp3) is 0.643. The van der Waals surface area contributed by atoms with Gasteiger partial charge in [-0.2, -0.15) is 0 Å². The van der Waals surface area contributed by atoms with Crippen LogP contribution in [0.4, 0.5) is 4.79 Å². The monoisotopic (exact) mass is 516 g/mol. The van der Waals surface area contributed by atoms with Crippen molar-refractivity contribution in [3.05, 3.63) is 30.0 Å². The van der Waals surface area contributed by atoms with Crippen molar-refractivity contribution in [1.29, 1.82) is 0 Å². The highest BCUT2D eigenvalue weighted by molar-refractivity contribution is 6.00. The molecule has 9 heteroatoms. The average Bonchev–Trinajstić information content (AvgIpc) is 3.25. The first-order chi connectivity index (χ1) is 17.7. The number of hydrogen-bond acceptors (Lipinski definition) is 6. The van der Waals surface area contributed by atoms with Gasteiger partial charge in [0.25, 0.3) is 5.91 Å². The van der Waals surface area contributed by atoms with E-state index in [2.05, 4.69) is 23.7 Å². The summed E-state index contributed by atoms with van der Waals surface area (Å²) in [7, 11) is 5.00. The quantitative estimate of drug-likeness (QED) is 0.427. The van der Waals surface area contributed by atoms with Gasteiger partial charge in [-0.1, -0.05) is 12.1 Å². The van der Waals surface area contributed by atoms with E-state index in [1.54, 1.807) is 21.2 Å². The highest BCUT2D eigenvalue weighted by atomic mass is 16.6. The minimum Gasteiger partial charge on any atom is -0.485 e.